The lowest BCUT2D eigenvalue weighted by atomic mass is 9.99. The van der Waals surface area contributed by atoms with Crippen LogP contribution in [0, 0.1) is 0 Å². The van der Waals surface area contributed by atoms with E-state index in [1.807, 2.05) is 37.4 Å². The summed E-state index contributed by atoms with van der Waals surface area (Å²) >= 11 is 0. The van der Waals surface area contributed by atoms with Crippen LogP contribution in [0.5, 0.6) is 11.5 Å². The number of nitrogens with zero attached hydrogens (tertiary/aromatic N) is 1. The molecule has 0 N–H and O–H groups in total. The first-order valence-electron chi connectivity index (χ1n) is 13.4. The van der Waals surface area contributed by atoms with Gasteiger partial charge in [-0.05, 0) is 93.4 Å². The van der Waals surface area contributed by atoms with E-state index in [-0.39, 0.29) is 42.7 Å². The number of rotatable bonds is 13. The Labute approximate surface area is 241 Å². The Morgan fingerprint density at radius 3 is 2.00 bits per heavy atom. The van der Waals surface area contributed by atoms with Crippen molar-refractivity contribution in [2.24, 2.45) is 0 Å². The van der Waals surface area contributed by atoms with Gasteiger partial charge in [0.05, 0.1) is 25.7 Å². The fraction of sp³-hybridized carbons (Fsp3) is 0.586. The molecular formula is C29H44ClNO6S2. The number of unbranched alkanes of at least 4 members (excludes halogenated alkanes) is 1. The van der Waals surface area contributed by atoms with Gasteiger partial charge < -0.3 is 14.4 Å². The quantitative estimate of drug-likeness (QED) is 0.285. The highest BCUT2D eigenvalue weighted by Gasteiger charge is 2.57. The van der Waals surface area contributed by atoms with Crippen LogP contribution in [0.15, 0.2) is 42.5 Å². The molecule has 2 aromatic rings. The molecule has 1 heterocycles. The molecule has 1 fully saturated rings. The standard InChI is InChI=1S/C29H43NO6S2.ClH/c1-23(2)25-12-14-26(15-13-25)29(37(31,32)20-9-21-38(29,33)34)17-8-19-30(3)18-7-6-10-24-11-16-27(35-4)28(22-24)36-5;/h11-16,22-23H,6-10,17-21H2,1-5H3;1H. The number of hydrogen-bond donors (Lipinski definition) is 0. The molecule has 0 bridgehead atoms. The maximum Gasteiger partial charge on any atom is 0.198 e. The van der Waals surface area contributed by atoms with Crippen molar-refractivity contribution in [3.63, 3.8) is 0 Å². The molecule has 0 spiro atoms. The number of hydrogen-bond acceptors (Lipinski definition) is 7. The van der Waals surface area contributed by atoms with E-state index in [1.54, 1.807) is 26.4 Å². The summed E-state index contributed by atoms with van der Waals surface area (Å²) in [6.07, 6.45) is 3.61. The minimum atomic E-state index is -3.86. The van der Waals surface area contributed by atoms with Crippen LogP contribution in [0.3, 0.4) is 0 Å². The van der Waals surface area contributed by atoms with Crippen LogP contribution < -0.4 is 9.47 Å². The summed E-state index contributed by atoms with van der Waals surface area (Å²) in [5.74, 6) is 1.53. The van der Waals surface area contributed by atoms with Crippen LogP contribution >= 0.6 is 12.4 Å². The SMILES string of the molecule is COc1ccc(CCCCN(C)CCCC2(c3ccc(C(C)C)cc3)S(=O)(=O)CCCS2(=O)=O)cc1OC.Cl. The van der Waals surface area contributed by atoms with Crippen molar-refractivity contribution in [3.8, 4) is 11.5 Å². The lowest BCUT2D eigenvalue weighted by Gasteiger charge is -2.37. The van der Waals surface area contributed by atoms with Crippen molar-refractivity contribution in [1.29, 1.82) is 0 Å². The van der Waals surface area contributed by atoms with Crippen molar-refractivity contribution in [2.75, 3.05) is 45.9 Å². The largest absolute Gasteiger partial charge is 0.493 e. The van der Waals surface area contributed by atoms with Crippen molar-refractivity contribution in [3.05, 3.63) is 59.2 Å². The highest BCUT2D eigenvalue weighted by atomic mass is 35.5. The monoisotopic (exact) mass is 601 g/mol. The molecular weight excluding hydrogens is 558 g/mol. The Balaban J connectivity index is 0.00000533. The van der Waals surface area contributed by atoms with Crippen molar-refractivity contribution >= 4 is 32.1 Å². The molecule has 39 heavy (non-hydrogen) atoms. The van der Waals surface area contributed by atoms with Gasteiger partial charge in [0.15, 0.2) is 35.3 Å². The van der Waals surface area contributed by atoms with Crippen LogP contribution in [0.25, 0.3) is 0 Å². The molecule has 0 aliphatic carbocycles. The van der Waals surface area contributed by atoms with E-state index in [2.05, 4.69) is 18.7 Å². The van der Waals surface area contributed by atoms with Gasteiger partial charge in [-0.25, -0.2) is 16.8 Å². The van der Waals surface area contributed by atoms with Gasteiger partial charge in [0.25, 0.3) is 0 Å². The minimum Gasteiger partial charge on any atom is -0.493 e. The lowest BCUT2D eigenvalue weighted by Crippen LogP contribution is -2.50. The van der Waals surface area contributed by atoms with Crippen molar-refractivity contribution in [1.82, 2.24) is 4.90 Å². The normalized spacial score (nSPS) is 17.5. The summed E-state index contributed by atoms with van der Waals surface area (Å²) in [7, 11) is -2.47. The zero-order valence-electron chi connectivity index (χ0n) is 23.8. The highest BCUT2D eigenvalue weighted by molar-refractivity contribution is 8.10. The summed E-state index contributed by atoms with van der Waals surface area (Å²) < 4.78 is 62.6. The van der Waals surface area contributed by atoms with Gasteiger partial charge >= 0.3 is 0 Å². The van der Waals surface area contributed by atoms with E-state index in [9.17, 15) is 16.8 Å². The molecule has 1 aliphatic rings. The zero-order chi connectivity index (χ0) is 28.0. The summed E-state index contributed by atoms with van der Waals surface area (Å²) in [5.41, 5.74) is 2.63. The van der Waals surface area contributed by atoms with E-state index in [1.165, 1.54) is 5.56 Å². The fourth-order valence-electron chi connectivity index (χ4n) is 5.34. The van der Waals surface area contributed by atoms with Crippen LogP contribution in [0.1, 0.15) is 68.6 Å². The molecule has 0 amide bonds. The Morgan fingerprint density at radius 2 is 1.44 bits per heavy atom. The maximum atomic E-state index is 13.4. The number of aryl methyl sites for hydroxylation is 1. The Kier molecular flexibility index (Phi) is 12.2. The number of halogens is 1. The third kappa shape index (κ3) is 7.48. The predicted octanol–water partition coefficient (Wildman–Crippen LogP) is 5.37. The predicted molar refractivity (Wildman–Crippen MR) is 161 cm³/mol. The molecule has 0 atom stereocenters. The van der Waals surface area contributed by atoms with Gasteiger partial charge in [-0.1, -0.05) is 44.2 Å². The Bertz CT molecular complexity index is 1240. The topological polar surface area (TPSA) is 90.0 Å². The number of ether oxygens (including phenoxy) is 2. The molecule has 1 saturated heterocycles. The number of benzene rings is 2. The molecule has 0 radical (unpaired) electrons. The van der Waals surface area contributed by atoms with E-state index < -0.39 is 23.8 Å². The van der Waals surface area contributed by atoms with E-state index >= 15 is 0 Å². The van der Waals surface area contributed by atoms with E-state index in [0.29, 0.717) is 24.3 Å². The number of methoxy groups -OCH3 is 2. The minimum absolute atomic E-state index is 0. The molecule has 10 heteroatoms. The van der Waals surface area contributed by atoms with Gasteiger partial charge in [0.1, 0.15) is 0 Å². The second kappa shape index (κ2) is 14.2. The molecule has 2 aromatic carbocycles. The van der Waals surface area contributed by atoms with E-state index in [0.717, 1.165) is 37.1 Å². The molecule has 1 aliphatic heterocycles. The average Bonchev–Trinajstić information content (AvgIpc) is 2.87. The van der Waals surface area contributed by atoms with Crippen LogP contribution in [0.4, 0.5) is 0 Å². The second-order valence-corrected chi connectivity index (χ2v) is 15.5. The van der Waals surface area contributed by atoms with Gasteiger partial charge in [-0.3, -0.25) is 0 Å². The first-order valence-corrected chi connectivity index (χ1v) is 16.7. The van der Waals surface area contributed by atoms with Crippen LogP contribution in [-0.4, -0.2) is 67.6 Å². The van der Waals surface area contributed by atoms with Gasteiger partial charge in [-0.15, -0.1) is 12.4 Å². The van der Waals surface area contributed by atoms with Crippen LogP contribution in [-0.2, 0) is 30.2 Å². The Hall–Kier alpha value is -1.81. The van der Waals surface area contributed by atoms with Crippen molar-refractivity contribution in [2.45, 2.75) is 62.4 Å². The molecule has 0 aromatic heterocycles. The average molecular weight is 602 g/mol. The smallest absolute Gasteiger partial charge is 0.198 e. The zero-order valence-corrected chi connectivity index (χ0v) is 26.3. The molecule has 3 rings (SSSR count). The second-order valence-electron chi connectivity index (χ2n) is 10.6. The first-order chi connectivity index (χ1) is 18.0. The summed E-state index contributed by atoms with van der Waals surface area (Å²) in [4.78, 5) is 2.16. The first kappa shape index (κ1) is 33.4. The molecule has 7 nitrogen and oxygen atoms in total. The highest BCUT2D eigenvalue weighted by Crippen LogP contribution is 2.45. The molecule has 0 saturated carbocycles. The maximum absolute atomic E-state index is 13.4. The summed E-state index contributed by atoms with van der Waals surface area (Å²) in [6.45, 7) is 5.60. The van der Waals surface area contributed by atoms with E-state index in [4.69, 9.17) is 9.47 Å². The van der Waals surface area contributed by atoms with Crippen LogP contribution in [0.2, 0.25) is 0 Å². The van der Waals surface area contributed by atoms with Gasteiger partial charge in [0, 0.05) is 0 Å². The van der Waals surface area contributed by atoms with Gasteiger partial charge in [0.2, 0.25) is 0 Å². The third-order valence-corrected chi connectivity index (χ3v) is 13.7. The fourth-order valence-corrected chi connectivity index (χ4v) is 11.2. The van der Waals surface area contributed by atoms with Crippen molar-refractivity contribution < 1.29 is 26.3 Å². The molecule has 0 unspecified atom stereocenters. The third-order valence-electron chi connectivity index (χ3n) is 7.60. The lowest BCUT2D eigenvalue weighted by molar-refractivity contribution is 0.314. The summed E-state index contributed by atoms with van der Waals surface area (Å²) in [5, 5.41) is 0. The van der Waals surface area contributed by atoms with Gasteiger partial charge in [-0.2, -0.15) is 0 Å². The summed E-state index contributed by atoms with van der Waals surface area (Å²) in [6, 6.07) is 13.1. The molecule has 220 valence electrons. The Morgan fingerprint density at radius 1 is 0.846 bits per heavy atom. The number of sulfone groups is 2.